The molecule has 0 saturated carbocycles. The molecule has 0 unspecified atom stereocenters. The van der Waals surface area contributed by atoms with Crippen LogP contribution in [0.1, 0.15) is 61.3 Å². The first-order valence-electron chi connectivity index (χ1n) is 11.2. The first-order chi connectivity index (χ1) is 13.9. The fourth-order valence-electron chi connectivity index (χ4n) is 3.41. The molecule has 1 aliphatic rings. The van der Waals surface area contributed by atoms with Gasteiger partial charge in [-0.05, 0) is 67.2 Å². The van der Waals surface area contributed by atoms with Gasteiger partial charge < -0.3 is 25.2 Å². The summed E-state index contributed by atoms with van der Waals surface area (Å²) in [5.41, 5.74) is -1.03. The van der Waals surface area contributed by atoms with Gasteiger partial charge in [-0.3, -0.25) is 9.79 Å². The van der Waals surface area contributed by atoms with E-state index in [1.165, 1.54) is 0 Å². The number of carbonyl (C=O) groups is 2. The maximum absolute atomic E-state index is 12.4. The van der Waals surface area contributed by atoms with Gasteiger partial charge in [-0.1, -0.05) is 0 Å². The van der Waals surface area contributed by atoms with E-state index >= 15 is 0 Å². The number of piperidine rings is 1. The molecular weight excluding hydrogens is 382 g/mol. The van der Waals surface area contributed by atoms with Gasteiger partial charge in [0.15, 0.2) is 5.96 Å². The lowest BCUT2D eigenvalue weighted by Gasteiger charge is -2.37. The van der Waals surface area contributed by atoms with Crippen LogP contribution in [0.15, 0.2) is 4.99 Å². The van der Waals surface area contributed by atoms with Gasteiger partial charge in [0.25, 0.3) is 0 Å². The first-order valence-corrected chi connectivity index (χ1v) is 11.2. The molecule has 0 radical (unpaired) electrons. The number of carbonyl (C=O) groups excluding carboxylic acids is 2. The Labute approximate surface area is 182 Å². The Kier molecular flexibility index (Phi) is 9.91. The van der Waals surface area contributed by atoms with Crippen LogP contribution in [-0.2, 0) is 9.53 Å². The lowest BCUT2D eigenvalue weighted by molar-refractivity contribution is -0.128. The van der Waals surface area contributed by atoms with E-state index in [9.17, 15) is 9.59 Å². The van der Waals surface area contributed by atoms with E-state index in [2.05, 4.69) is 15.5 Å². The molecule has 2 amide bonds. The largest absolute Gasteiger partial charge is 0.444 e. The van der Waals surface area contributed by atoms with Crippen molar-refractivity contribution in [2.24, 2.45) is 16.3 Å². The van der Waals surface area contributed by atoms with Gasteiger partial charge in [0.1, 0.15) is 5.60 Å². The third-order valence-electron chi connectivity index (χ3n) is 5.23. The molecule has 8 nitrogen and oxygen atoms in total. The highest BCUT2D eigenvalue weighted by molar-refractivity contribution is 5.83. The maximum atomic E-state index is 12.4. The highest BCUT2D eigenvalue weighted by atomic mass is 16.6. The molecule has 0 aromatic rings. The molecule has 0 spiro atoms. The van der Waals surface area contributed by atoms with Gasteiger partial charge in [0.05, 0.1) is 12.0 Å². The lowest BCUT2D eigenvalue weighted by Crippen LogP contribution is -2.48. The minimum atomic E-state index is -0.553. The number of likely N-dealkylation sites (tertiary alicyclic amines) is 1. The van der Waals surface area contributed by atoms with Crippen LogP contribution in [0.2, 0.25) is 0 Å². The quantitative estimate of drug-likeness (QED) is 0.484. The number of hydrogen-bond donors (Lipinski definition) is 2. The first kappa shape index (κ1) is 26.0. The van der Waals surface area contributed by atoms with Crippen LogP contribution in [0.4, 0.5) is 4.79 Å². The van der Waals surface area contributed by atoms with Crippen molar-refractivity contribution < 1.29 is 14.3 Å². The standard InChI is InChI=1S/C22H43N5O3/c1-9-24-19(25-16-22(6,7)18(28)23-8)27-13-11-17(12-14-27)15-26(10-2)20(29)30-21(3,4)5/h17H,9-16H2,1-8H3,(H,23,28)(H,24,25). The number of amides is 2. The fraction of sp³-hybridized carbons (Fsp3) is 0.864. The molecule has 1 rings (SSSR count). The zero-order chi connectivity index (χ0) is 22.9. The summed E-state index contributed by atoms with van der Waals surface area (Å²) in [5, 5.41) is 6.06. The molecule has 0 atom stereocenters. The summed E-state index contributed by atoms with van der Waals surface area (Å²) in [6, 6.07) is 0. The zero-order valence-corrected chi connectivity index (χ0v) is 20.3. The van der Waals surface area contributed by atoms with Crippen molar-refractivity contribution in [2.75, 3.05) is 46.3 Å². The van der Waals surface area contributed by atoms with E-state index in [1.807, 2.05) is 48.5 Å². The minimum Gasteiger partial charge on any atom is -0.444 e. The van der Waals surface area contributed by atoms with Gasteiger partial charge in [-0.15, -0.1) is 0 Å². The zero-order valence-electron chi connectivity index (χ0n) is 20.3. The van der Waals surface area contributed by atoms with E-state index in [4.69, 9.17) is 9.73 Å². The highest BCUT2D eigenvalue weighted by Gasteiger charge is 2.29. The van der Waals surface area contributed by atoms with Crippen LogP contribution in [0.25, 0.3) is 0 Å². The number of nitrogens with zero attached hydrogens (tertiary/aromatic N) is 3. The van der Waals surface area contributed by atoms with Crippen LogP contribution in [-0.4, -0.2) is 79.7 Å². The van der Waals surface area contributed by atoms with E-state index in [-0.39, 0.29) is 12.0 Å². The van der Waals surface area contributed by atoms with Gasteiger partial charge in [0, 0.05) is 39.8 Å². The van der Waals surface area contributed by atoms with Gasteiger partial charge in [-0.2, -0.15) is 0 Å². The average molecular weight is 426 g/mol. The molecule has 174 valence electrons. The summed E-state index contributed by atoms with van der Waals surface area (Å²) >= 11 is 0. The number of hydrogen-bond acceptors (Lipinski definition) is 4. The number of rotatable bonds is 7. The molecule has 1 aliphatic heterocycles. The van der Waals surface area contributed by atoms with Crippen LogP contribution in [0.3, 0.4) is 0 Å². The summed E-state index contributed by atoms with van der Waals surface area (Å²) in [7, 11) is 1.65. The van der Waals surface area contributed by atoms with E-state index in [1.54, 1.807) is 11.9 Å². The topological polar surface area (TPSA) is 86.3 Å². The minimum absolute atomic E-state index is 0.0115. The molecule has 30 heavy (non-hydrogen) atoms. The van der Waals surface area contributed by atoms with Gasteiger partial charge in [-0.25, -0.2) is 4.79 Å². The molecule has 8 heteroatoms. The highest BCUT2D eigenvalue weighted by Crippen LogP contribution is 2.21. The Morgan fingerprint density at radius 2 is 1.73 bits per heavy atom. The number of guanidine groups is 1. The fourth-order valence-corrected chi connectivity index (χ4v) is 3.41. The molecule has 0 aromatic carbocycles. The van der Waals surface area contributed by atoms with Crippen LogP contribution >= 0.6 is 0 Å². The van der Waals surface area contributed by atoms with Crippen LogP contribution in [0.5, 0.6) is 0 Å². The number of aliphatic imine (C=N–C) groups is 1. The van der Waals surface area contributed by atoms with Crippen molar-refractivity contribution in [3.05, 3.63) is 0 Å². The lowest BCUT2D eigenvalue weighted by atomic mass is 9.92. The second kappa shape index (κ2) is 11.4. The predicted octanol–water partition coefficient (Wildman–Crippen LogP) is 2.69. The van der Waals surface area contributed by atoms with Crippen molar-refractivity contribution in [1.82, 2.24) is 20.4 Å². The summed E-state index contributed by atoms with van der Waals surface area (Å²) < 4.78 is 5.53. The molecule has 1 heterocycles. The number of nitrogens with one attached hydrogen (secondary N) is 2. The predicted molar refractivity (Wildman–Crippen MR) is 122 cm³/mol. The van der Waals surface area contributed by atoms with Gasteiger partial charge in [0.2, 0.25) is 5.91 Å². The van der Waals surface area contributed by atoms with Crippen molar-refractivity contribution >= 4 is 18.0 Å². The third-order valence-corrected chi connectivity index (χ3v) is 5.23. The van der Waals surface area contributed by atoms with Crippen molar-refractivity contribution in [3.8, 4) is 0 Å². The van der Waals surface area contributed by atoms with Crippen molar-refractivity contribution in [3.63, 3.8) is 0 Å². The summed E-state index contributed by atoms with van der Waals surface area (Å²) in [4.78, 5) is 33.2. The Balaban J connectivity index is 2.67. The second-order valence-corrected chi connectivity index (χ2v) is 9.58. The molecule has 0 bridgehead atoms. The van der Waals surface area contributed by atoms with Crippen LogP contribution in [0, 0.1) is 11.3 Å². The summed E-state index contributed by atoms with van der Waals surface area (Å²) in [6.07, 6.45) is 1.74. The Morgan fingerprint density at radius 3 is 2.20 bits per heavy atom. The van der Waals surface area contributed by atoms with Crippen molar-refractivity contribution in [1.29, 1.82) is 0 Å². The summed E-state index contributed by atoms with van der Waals surface area (Å²) in [5.74, 6) is 1.29. The smallest absolute Gasteiger partial charge is 0.410 e. The second-order valence-electron chi connectivity index (χ2n) is 9.58. The Bertz CT molecular complexity index is 590. The van der Waals surface area contributed by atoms with Crippen molar-refractivity contribution in [2.45, 2.75) is 66.9 Å². The normalized spacial score (nSPS) is 16.3. The molecule has 2 N–H and O–H groups in total. The monoisotopic (exact) mass is 425 g/mol. The maximum Gasteiger partial charge on any atom is 0.410 e. The van der Waals surface area contributed by atoms with Gasteiger partial charge >= 0.3 is 6.09 Å². The SMILES string of the molecule is CCNC(=NCC(C)(C)C(=O)NC)N1CCC(CN(CC)C(=O)OC(C)(C)C)CC1. The molecule has 1 saturated heterocycles. The van der Waals surface area contributed by atoms with Crippen LogP contribution < -0.4 is 10.6 Å². The Hall–Kier alpha value is -1.99. The van der Waals surface area contributed by atoms with E-state index < -0.39 is 11.0 Å². The van der Waals surface area contributed by atoms with E-state index in [0.717, 1.165) is 45.0 Å². The van der Waals surface area contributed by atoms with E-state index in [0.29, 0.717) is 19.0 Å². The molecule has 1 fully saturated rings. The Morgan fingerprint density at radius 1 is 1.13 bits per heavy atom. The number of ether oxygens (including phenoxy) is 1. The molecular formula is C22H43N5O3. The average Bonchev–Trinajstić information content (AvgIpc) is 2.67. The third kappa shape index (κ3) is 8.40. The molecule has 0 aromatic heterocycles. The summed E-state index contributed by atoms with van der Waals surface area (Å²) in [6.45, 7) is 17.9. The molecule has 0 aliphatic carbocycles.